The third kappa shape index (κ3) is 9.52. The molecule has 1 saturated heterocycles. The predicted molar refractivity (Wildman–Crippen MR) is 216 cm³/mol. The summed E-state index contributed by atoms with van der Waals surface area (Å²) >= 11 is 0. The molecule has 0 radical (unpaired) electrons. The topological polar surface area (TPSA) is 186 Å². The minimum absolute atomic E-state index is 0.0208. The minimum atomic E-state index is -3.96. The van der Waals surface area contributed by atoms with Gasteiger partial charge in [-0.2, -0.15) is 4.98 Å². The van der Waals surface area contributed by atoms with E-state index in [0.29, 0.717) is 56.0 Å². The van der Waals surface area contributed by atoms with Gasteiger partial charge in [0.2, 0.25) is 27.7 Å². The van der Waals surface area contributed by atoms with Crippen LogP contribution in [0.3, 0.4) is 0 Å². The van der Waals surface area contributed by atoms with Crippen LogP contribution in [-0.4, -0.2) is 110 Å². The Morgan fingerprint density at radius 3 is 2.42 bits per heavy atom. The Bertz CT molecular complexity index is 2110. The molecule has 0 spiro atoms. The van der Waals surface area contributed by atoms with Crippen LogP contribution in [0.1, 0.15) is 79.6 Å². The monoisotopic (exact) mass is 846 g/mol. The third-order valence-corrected chi connectivity index (χ3v) is 13.8. The van der Waals surface area contributed by atoms with E-state index in [1.54, 1.807) is 31.1 Å². The summed E-state index contributed by atoms with van der Waals surface area (Å²) in [5, 5.41) is 6.11. The predicted octanol–water partition coefficient (Wildman–Crippen LogP) is 4.68. The van der Waals surface area contributed by atoms with Gasteiger partial charge in [-0.15, -0.1) is 0 Å². The van der Waals surface area contributed by atoms with Crippen LogP contribution in [0.2, 0.25) is 0 Å². The Hall–Kier alpha value is -4.74. The van der Waals surface area contributed by atoms with Gasteiger partial charge in [0, 0.05) is 38.7 Å². The van der Waals surface area contributed by atoms with Crippen molar-refractivity contribution in [2.24, 2.45) is 17.8 Å². The molecule has 7 atom stereocenters. The molecule has 4 amide bonds. The van der Waals surface area contributed by atoms with Gasteiger partial charge in [0.25, 0.3) is 11.8 Å². The van der Waals surface area contributed by atoms with Gasteiger partial charge in [0.15, 0.2) is 5.60 Å². The zero-order valence-corrected chi connectivity index (χ0v) is 35.7. The van der Waals surface area contributed by atoms with E-state index < -0.39 is 86.2 Å². The van der Waals surface area contributed by atoms with E-state index in [1.807, 2.05) is 45.3 Å². The number of pyridine rings is 1. The number of fused-ring (bicyclic) bond motifs is 3. The standard InChI is InChI=1S/C41H56F2N6O9S/c1-23-11-9-10-12-26-21-41(26,37(52)47-59(54,55)29-14-15-29)46-34(50)31-20-28(57-35-30-16-13-27(56-8)18-25(30)19-32(44-35)48(6)7)22-49(31)36(51)33(24(2)17-23)45-38(53)58-39(3,4)40(5,42)43/h10,12-13,16,18-19,23-24,26,28-29,31,33H,9,11,14-15,17,20-22H2,1-8H3,(H,45,53)(H,46,50)(H,47,52)/b12-10-/t23-,24-,26-,28-,31+,33+,41-/m1/s1. The van der Waals surface area contributed by atoms with Crippen LogP contribution in [0.5, 0.6) is 11.6 Å². The minimum Gasteiger partial charge on any atom is -0.497 e. The van der Waals surface area contributed by atoms with Crippen LogP contribution in [0, 0.1) is 17.8 Å². The summed E-state index contributed by atoms with van der Waals surface area (Å²) in [6.45, 7) is 6.36. The average Bonchev–Trinajstić information content (AvgIpc) is 4.07. The average molecular weight is 847 g/mol. The molecule has 0 bridgehead atoms. The highest BCUT2D eigenvalue weighted by atomic mass is 32.2. The Morgan fingerprint density at radius 1 is 1.07 bits per heavy atom. The Morgan fingerprint density at radius 2 is 1.78 bits per heavy atom. The second kappa shape index (κ2) is 16.4. The molecule has 3 N–H and O–H groups in total. The number of alkyl carbamates (subject to hydrolysis) is 1. The number of nitrogens with one attached hydrogen (secondary N) is 3. The Balaban J connectivity index is 1.37. The van der Waals surface area contributed by atoms with Crippen molar-refractivity contribution >= 4 is 50.4 Å². The molecule has 3 heterocycles. The van der Waals surface area contributed by atoms with Crippen molar-refractivity contribution < 1.29 is 50.6 Å². The largest absolute Gasteiger partial charge is 0.497 e. The lowest BCUT2D eigenvalue weighted by Crippen LogP contribution is -2.59. The van der Waals surface area contributed by atoms with Crippen molar-refractivity contribution in [2.45, 2.75) is 120 Å². The number of aromatic nitrogens is 1. The van der Waals surface area contributed by atoms with Crippen molar-refractivity contribution in [2.75, 3.05) is 32.6 Å². The molecule has 2 aromatic rings. The molecule has 2 aliphatic heterocycles. The lowest BCUT2D eigenvalue weighted by molar-refractivity contribution is -0.152. The molecule has 0 unspecified atom stereocenters. The van der Waals surface area contributed by atoms with E-state index in [9.17, 15) is 36.4 Å². The lowest BCUT2D eigenvalue weighted by Gasteiger charge is -2.35. The normalized spacial score (nSPS) is 28.5. The summed E-state index contributed by atoms with van der Waals surface area (Å²) in [4.78, 5) is 64.5. The molecule has 2 aliphatic carbocycles. The number of allylic oxidation sites excluding steroid dienone is 1. The van der Waals surface area contributed by atoms with Gasteiger partial charge in [0.05, 0.1) is 18.9 Å². The molecule has 1 aromatic carbocycles. The highest BCUT2D eigenvalue weighted by molar-refractivity contribution is 7.91. The third-order valence-electron chi connectivity index (χ3n) is 12.0. The number of carbonyl (C=O) groups is 4. The SMILES string of the molecule is COc1ccc2c(O[C@@H]3C[C@H]4C(=O)N[C@]5(C(=O)NS(=O)(=O)C6CC6)C[C@H]5/C=C\CC[C@@H](C)C[C@@H](C)[C@H](NC(=O)OC(C)(C)C(C)(F)F)C(=O)N4C3)nc(N(C)C)cc2c1. The number of anilines is 1. The molecule has 15 nitrogen and oxygen atoms in total. The fourth-order valence-corrected chi connectivity index (χ4v) is 9.13. The number of hydrogen-bond acceptors (Lipinski definition) is 11. The number of halogens is 2. The van der Waals surface area contributed by atoms with Crippen molar-refractivity contribution in [3.63, 3.8) is 0 Å². The van der Waals surface area contributed by atoms with E-state index >= 15 is 0 Å². The summed E-state index contributed by atoms with van der Waals surface area (Å²) in [5.74, 6) is -5.33. The van der Waals surface area contributed by atoms with Crippen LogP contribution in [0.15, 0.2) is 36.4 Å². The van der Waals surface area contributed by atoms with Gasteiger partial charge in [-0.1, -0.05) is 26.0 Å². The van der Waals surface area contributed by atoms with Crippen molar-refractivity contribution in [3.05, 3.63) is 36.4 Å². The molecule has 4 aliphatic rings. The second-order valence-corrected chi connectivity index (χ2v) is 19.4. The van der Waals surface area contributed by atoms with Crippen LogP contribution < -0.4 is 29.7 Å². The van der Waals surface area contributed by atoms with E-state index in [1.165, 1.54) is 4.90 Å². The van der Waals surface area contributed by atoms with E-state index in [4.69, 9.17) is 19.2 Å². The van der Waals surface area contributed by atoms with Crippen LogP contribution in [0.4, 0.5) is 19.4 Å². The molecular formula is C41H56F2N6O9S. The number of rotatable bonds is 10. The maximum absolute atomic E-state index is 14.9. The van der Waals surface area contributed by atoms with Crippen molar-refractivity contribution in [3.8, 4) is 11.6 Å². The molecular weight excluding hydrogens is 791 g/mol. The molecule has 6 rings (SSSR count). The number of amides is 4. The summed E-state index contributed by atoms with van der Waals surface area (Å²) in [6.07, 6.45) is 4.26. The van der Waals surface area contributed by atoms with Crippen LogP contribution >= 0.6 is 0 Å². The van der Waals surface area contributed by atoms with E-state index in [-0.39, 0.29) is 31.2 Å². The second-order valence-electron chi connectivity index (χ2n) is 17.4. The van der Waals surface area contributed by atoms with E-state index in [0.717, 1.165) is 19.2 Å². The highest BCUT2D eigenvalue weighted by Gasteiger charge is 2.62. The van der Waals surface area contributed by atoms with E-state index in [2.05, 4.69) is 15.4 Å². The molecule has 3 fully saturated rings. The van der Waals surface area contributed by atoms with Gasteiger partial charge in [-0.3, -0.25) is 19.1 Å². The smallest absolute Gasteiger partial charge is 0.408 e. The van der Waals surface area contributed by atoms with Crippen molar-refractivity contribution in [1.82, 2.24) is 25.2 Å². The zero-order chi connectivity index (χ0) is 43.2. The first kappa shape index (κ1) is 43.8. The highest BCUT2D eigenvalue weighted by Crippen LogP contribution is 2.46. The lowest BCUT2D eigenvalue weighted by atomic mass is 9.88. The molecule has 2 saturated carbocycles. The first-order chi connectivity index (χ1) is 27.5. The number of alkyl halides is 2. The zero-order valence-electron chi connectivity index (χ0n) is 34.8. The number of hydrogen-bond donors (Lipinski definition) is 3. The summed E-state index contributed by atoms with van der Waals surface area (Å²) in [5.41, 5.74) is -3.82. The molecule has 324 valence electrons. The Kier molecular flexibility index (Phi) is 12.2. The fraction of sp³-hybridized carbons (Fsp3) is 0.634. The number of sulfonamides is 1. The number of nitrogens with zero attached hydrogens (tertiary/aromatic N) is 3. The first-order valence-corrected chi connectivity index (χ1v) is 21.6. The quantitative estimate of drug-likeness (QED) is 0.282. The number of benzene rings is 1. The van der Waals surface area contributed by atoms with Crippen LogP contribution in [-0.2, 0) is 29.1 Å². The van der Waals surface area contributed by atoms with Gasteiger partial charge in [0.1, 0.15) is 35.3 Å². The first-order valence-electron chi connectivity index (χ1n) is 20.1. The maximum Gasteiger partial charge on any atom is 0.408 e. The molecule has 1 aromatic heterocycles. The summed E-state index contributed by atoms with van der Waals surface area (Å²) < 4.78 is 74.1. The van der Waals surface area contributed by atoms with Crippen LogP contribution in [0.25, 0.3) is 10.8 Å². The molecule has 18 heteroatoms. The fourth-order valence-electron chi connectivity index (χ4n) is 7.77. The van der Waals surface area contributed by atoms with Gasteiger partial charge >= 0.3 is 6.09 Å². The van der Waals surface area contributed by atoms with Gasteiger partial charge in [-0.05, 0) is 93.9 Å². The Labute approximate surface area is 344 Å². The number of ether oxygens (including phenoxy) is 3. The van der Waals surface area contributed by atoms with Crippen molar-refractivity contribution in [1.29, 1.82) is 0 Å². The maximum atomic E-state index is 14.9. The summed E-state index contributed by atoms with van der Waals surface area (Å²) in [7, 11) is 1.23. The number of carbonyl (C=O) groups excluding carboxylic acids is 4. The molecule has 59 heavy (non-hydrogen) atoms. The van der Waals surface area contributed by atoms with Gasteiger partial charge in [-0.25, -0.2) is 22.0 Å². The van der Waals surface area contributed by atoms with Gasteiger partial charge < -0.3 is 34.6 Å². The number of methoxy groups -OCH3 is 1. The summed E-state index contributed by atoms with van der Waals surface area (Å²) in [6, 6.07) is 4.65.